The lowest BCUT2D eigenvalue weighted by Gasteiger charge is -2.22. The smallest absolute Gasteiger partial charge is 0.330 e. The third kappa shape index (κ3) is 5.28. The molecule has 0 saturated heterocycles. The van der Waals surface area contributed by atoms with Gasteiger partial charge in [0, 0.05) is 11.5 Å². The van der Waals surface area contributed by atoms with Gasteiger partial charge < -0.3 is 15.3 Å². The Labute approximate surface area is 96.6 Å². The van der Waals surface area contributed by atoms with Gasteiger partial charge in [0.15, 0.2) is 0 Å². The van der Waals surface area contributed by atoms with Gasteiger partial charge in [0.25, 0.3) is 0 Å². The lowest BCUT2D eigenvalue weighted by atomic mass is 9.93. The Morgan fingerprint density at radius 3 is 2.31 bits per heavy atom. The molecule has 3 unspecified atom stereocenters. The topological polar surface area (TPSA) is 77.8 Å². The van der Waals surface area contributed by atoms with Gasteiger partial charge in [0.05, 0.1) is 12.2 Å². The zero-order valence-corrected chi connectivity index (χ0v) is 10.2. The second-order valence-corrected chi connectivity index (χ2v) is 4.17. The van der Waals surface area contributed by atoms with Gasteiger partial charge in [-0.05, 0) is 26.2 Å². The molecule has 0 heterocycles. The molecule has 0 radical (unpaired) electrons. The molecule has 16 heavy (non-hydrogen) atoms. The Bertz CT molecular complexity index is 247. The van der Waals surface area contributed by atoms with Crippen molar-refractivity contribution in [2.75, 3.05) is 0 Å². The highest BCUT2D eigenvalue weighted by molar-refractivity contribution is 5.85. The van der Waals surface area contributed by atoms with Crippen molar-refractivity contribution in [3.05, 3.63) is 11.6 Å². The van der Waals surface area contributed by atoms with Crippen LogP contribution in [0.5, 0.6) is 0 Å². The Morgan fingerprint density at radius 1 is 1.31 bits per heavy atom. The molecule has 0 bridgehead atoms. The van der Waals surface area contributed by atoms with E-state index in [2.05, 4.69) is 0 Å². The molecule has 4 heteroatoms. The molecule has 0 amide bonds. The number of aliphatic carboxylic acids is 1. The van der Waals surface area contributed by atoms with Crippen molar-refractivity contribution in [3.8, 4) is 0 Å². The number of aliphatic hydroxyl groups is 2. The number of carboxylic acid groups (broad SMARTS) is 1. The van der Waals surface area contributed by atoms with E-state index in [-0.39, 0.29) is 11.5 Å². The molecule has 3 atom stereocenters. The zero-order valence-electron chi connectivity index (χ0n) is 10.2. The van der Waals surface area contributed by atoms with Crippen LogP contribution in [0.25, 0.3) is 0 Å². The third-order valence-electron chi connectivity index (χ3n) is 2.88. The average molecular weight is 230 g/mol. The van der Waals surface area contributed by atoms with Crippen LogP contribution in [0.1, 0.15) is 40.0 Å². The molecule has 0 aliphatic rings. The van der Waals surface area contributed by atoms with Crippen LogP contribution in [0.2, 0.25) is 0 Å². The fourth-order valence-corrected chi connectivity index (χ4v) is 1.45. The highest BCUT2D eigenvalue weighted by Gasteiger charge is 2.20. The van der Waals surface area contributed by atoms with E-state index >= 15 is 0 Å². The summed E-state index contributed by atoms with van der Waals surface area (Å²) in [6, 6.07) is 0. The van der Waals surface area contributed by atoms with Crippen LogP contribution in [-0.2, 0) is 4.79 Å². The lowest BCUT2D eigenvalue weighted by molar-refractivity contribution is -0.132. The van der Waals surface area contributed by atoms with Gasteiger partial charge in [-0.2, -0.15) is 0 Å². The Kier molecular flexibility index (Phi) is 7.01. The lowest BCUT2D eigenvalue weighted by Crippen LogP contribution is -2.28. The molecule has 0 fully saturated rings. The maximum absolute atomic E-state index is 10.5. The highest BCUT2D eigenvalue weighted by Crippen LogP contribution is 2.16. The van der Waals surface area contributed by atoms with E-state index in [4.69, 9.17) is 5.11 Å². The summed E-state index contributed by atoms with van der Waals surface area (Å²) in [4.78, 5) is 10.5. The van der Waals surface area contributed by atoms with E-state index in [0.717, 1.165) is 0 Å². The third-order valence-corrected chi connectivity index (χ3v) is 2.88. The molecule has 4 nitrogen and oxygen atoms in total. The molecule has 0 saturated carbocycles. The summed E-state index contributed by atoms with van der Waals surface area (Å²) < 4.78 is 0. The molecule has 0 aromatic rings. The average Bonchev–Trinajstić information content (AvgIpc) is 2.26. The normalized spacial score (nSPS) is 17.9. The predicted octanol–water partition coefficient (Wildman–Crippen LogP) is 1.57. The first-order chi connectivity index (χ1) is 7.40. The largest absolute Gasteiger partial charge is 0.478 e. The number of hydrogen-bond acceptors (Lipinski definition) is 3. The molecular formula is C12H22O4. The Morgan fingerprint density at radius 2 is 1.88 bits per heavy atom. The minimum absolute atomic E-state index is 0.177. The van der Waals surface area contributed by atoms with Crippen molar-refractivity contribution >= 4 is 5.97 Å². The minimum atomic E-state index is -0.934. The number of carboxylic acids is 1. The fraction of sp³-hybridized carbons (Fsp3) is 0.750. The maximum Gasteiger partial charge on any atom is 0.330 e. The summed E-state index contributed by atoms with van der Waals surface area (Å²) in [5, 5.41) is 27.9. The second kappa shape index (κ2) is 7.41. The molecule has 0 aliphatic carbocycles. The molecule has 0 spiro atoms. The van der Waals surface area contributed by atoms with Crippen molar-refractivity contribution in [3.63, 3.8) is 0 Å². The monoisotopic (exact) mass is 230 g/mol. The molecular weight excluding hydrogens is 208 g/mol. The molecule has 0 aliphatic heterocycles. The van der Waals surface area contributed by atoms with Crippen LogP contribution in [0, 0.1) is 5.92 Å². The van der Waals surface area contributed by atoms with E-state index in [1.165, 1.54) is 6.92 Å². The van der Waals surface area contributed by atoms with Crippen molar-refractivity contribution in [2.24, 2.45) is 5.92 Å². The van der Waals surface area contributed by atoms with Crippen molar-refractivity contribution in [1.82, 2.24) is 0 Å². The summed E-state index contributed by atoms with van der Waals surface area (Å²) >= 11 is 0. The minimum Gasteiger partial charge on any atom is -0.478 e. The zero-order chi connectivity index (χ0) is 12.7. The first-order valence-electron chi connectivity index (χ1n) is 5.66. The predicted molar refractivity (Wildman–Crippen MR) is 62.1 cm³/mol. The molecule has 0 aromatic heterocycles. The highest BCUT2D eigenvalue weighted by atomic mass is 16.4. The second-order valence-electron chi connectivity index (χ2n) is 4.17. The van der Waals surface area contributed by atoms with Crippen LogP contribution in [0.3, 0.4) is 0 Å². The van der Waals surface area contributed by atoms with E-state index in [9.17, 15) is 15.0 Å². The van der Waals surface area contributed by atoms with Crippen LogP contribution < -0.4 is 0 Å². The number of rotatable bonds is 7. The first kappa shape index (κ1) is 15.1. The Hall–Kier alpha value is -0.870. The van der Waals surface area contributed by atoms with Gasteiger partial charge >= 0.3 is 5.97 Å². The maximum atomic E-state index is 10.5. The SMILES string of the molecule is CCC(O)C(C)C(O)CCC=C(C)C(=O)O. The summed E-state index contributed by atoms with van der Waals surface area (Å²) in [5.74, 6) is -1.11. The summed E-state index contributed by atoms with van der Waals surface area (Å²) in [6.45, 7) is 5.19. The van der Waals surface area contributed by atoms with E-state index in [1.807, 2.05) is 6.92 Å². The van der Waals surface area contributed by atoms with Crippen LogP contribution in [-0.4, -0.2) is 33.5 Å². The van der Waals surface area contributed by atoms with Gasteiger partial charge in [-0.1, -0.05) is 19.9 Å². The summed E-state index contributed by atoms with van der Waals surface area (Å²) in [6.07, 6.45) is 2.11. The molecule has 0 aromatic carbocycles. The Balaban J connectivity index is 4.03. The van der Waals surface area contributed by atoms with Crippen molar-refractivity contribution in [2.45, 2.75) is 52.2 Å². The van der Waals surface area contributed by atoms with Gasteiger partial charge in [-0.3, -0.25) is 0 Å². The van der Waals surface area contributed by atoms with Crippen LogP contribution in [0.15, 0.2) is 11.6 Å². The summed E-state index contributed by atoms with van der Waals surface area (Å²) in [5.41, 5.74) is 0.288. The quantitative estimate of drug-likeness (QED) is 0.580. The van der Waals surface area contributed by atoms with E-state index in [1.54, 1.807) is 13.0 Å². The van der Waals surface area contributed by atoms with Gasteiger partial charge in [0.1, 0.15) is 0 Å². The number of aliphatic hydroxyl groups excluding tert-OH is 2. The summed E-state index contributed by atoms with van der Waals surface area (Å²) in [7, 11) is 0. The van der Waals surface area contributed by atoms with Crippen molar-refractivity contribution < 1.29 is 20.1 Å². The van der Waals surface area contributed by atoms with E-state index in [0.29, 0.717) is 19.3 Å². The first-order valence-corrected chi connectivity index (χ1v) is 5.66. The van der Waals surface area contributed by atoms with Gasteiger partial charge in [0.2, 0.25) is 0 Å². The fourth-order valence-electron chi connectivity index (χ4n) is 1.45. The van der Waals surface area contributed by atoms with Gasteiger partial charge in [-0.25, -0.2) is 4.79 Å². The standard InChI is InChI=1S/C12H22O4/c1-4-10(13)9(3)11(14)7-5-6-8(2)12(15)16/h6,9-11,13-14H,4-5,7H2,1-3H3,(H,15,16). The molecule has 3 N–H and O–H groups in total. The van der Waals surface area contributed by atoms with Gasteiger partial charge in [-0.15, -0.1) is 0 Å². The van der Waals surface area contributed by atoms with Crippen LogP contribution >= 0.6 is 0 Å². The molecule has 0 rings (SSSR count). The van der Waals surface area contributed by atoms with Crippen molar-refractivity contribution in [1.29, 1.82) is 0 Å². The number of allylic oxidation sites excluding steroid dienone is 1. The van der Waals surface area contributed by atoms with Crippen LogP contribution in [0.4, 0.5) is 0 Å². The molecule has 94 valence electrons. The number of carbonyl (C=O) groups is 1. The number of hydrogen-bond donors (Lipinski definition) is 3. The van der Waals surface area contributed by atoms with E-state index < -0.39 is 18.2 Å².